The molecule has 0 aromatic heterocycles. The van der Waals surface area contributed by atoms with Gasteiger partial charge in [-0.05, 0) is 58.4 Å². The molecule has 0 atom stereocenters. The molecule has 0 unspecified atom stereocenters. The lowest BCUT2D eigenvalue weighted by Gasteiger charge is -2.24. The minimum absolute atomic E-state index is 0.0467. The highest BCUT2D eigenvalue weighted by Crippen LogP contribution is 2.23. The van der Waals surface area contributed by atoms with Crippen LogP contribution in [-0.2, 0) is 10.0 Å². The highest BCUT2D eigenvalue weighted by Gasteiger charge is 2.25. The van der Waals surface area contributed by atoms with Crippen molar-refractivity contribution in [2.75, 3.05) is 6.54 Å². The second-order valence-electron chi connectivity index (χ2n) is 5.79. The van der Waals surface area contributed by atoms with E-state index >= 15 is 0 Å². The molecule has 0 heterocycles. The zero-order chi connectivity index (χ0) is 15.6. The molecule has 0 aliphatic carbocycles. The predicted octanol–water partition coefficient (Wildman–Crippen LogP) is 1.80. The zero-order valence-electron chi connectivity index (χ0n) is 12.7. The van der Waals surface area contributed by atoms with Gasteiger partial charge in [0.05, 0.1) is 11.0 Å². The van der Waals surface area contributed by atoms with Crippen molar-refractivity contribution in [3.63, 3.8) is 0 Å². The van der Waals surface area contributed by atoms with Crippen LogP contribution < -0.4 is 15.2 Å². The largest absolute Gasteiger partial charge is 0.491 e. The second-order valence-corrected chi connectivity index (χ2v) is 7.47. The molecule has 1 aromatic rings. The number of aryl methyl sites for hydroxylation is 1. The first kappa shape index (κ1) is 16.9. The summed E-state index contributed by atoms with van der Waals surface area (Å²) in [6, 6.07) is 4.83. The Hall–Kier alpha value is -1.11. The van der Waals surface area contributed by atoms with E-state index in [9.17, 15) is 8.42 Å². The monoisotopic (exact) mass is 300 g/mol. The number of ether oxygens (including phenoxy) is 1. The summed E-state index contributed by atoms with van der Waals surface area (Å²) < 4.78 is 32.8. The van der Waals surface area contributed by atoms with E-state index in [0.29, 0.717) is 5.75 Å². The first-order valence-electron chi connectivity index (χ1n) is 6.59. The van der Waals surface area contributed by atoms with Crippen molar-refractivity contribution in [1.82, 2.24) is 4.72 Å². The summed E-state index contributed by atoms with van der Waals surface area (Å²) in [7, 11) is -3.58. The lowest BCUT2D eigenvalue weighted by atomic mass is 10.1. The van der Waals surface area contributed by atoms with Gasteiger partial charge in [-0.15, -0.1) is 0 Å². The fraction of sp³-hybridized carbons (Fsp3) is 0.571. The Labute approximate surface area is 121 Å². The van der Waals surface area contributed by atoms with E-state index in [0.717, 1.165) is 5.56 Å². The van der Waals surface area contributed by atoms with Crippen molar-refractivity contribution < 1.29 is 13.2 Å². The van der Waals surface area contributed by atoms with E-state index in [-0.39, 0.29) is 17.5 Å². The van der Waals surface area contributed by atoms with Crippen molar-refractivity contribution in [2.45, 2.75) is 51.2 Å². The van der Waals surface area contributed by atoms with E-state index < -0.39 is 15.6 Å². The molecule has 0 amide bonds. The van der Waals surface area contributed by atoms with Gasteiger partial charge in [0.15, 0.2) is 0 Å². The lowest BCUT2D eigenvalue weighted by molar-refractivity contribution is 0.240. The quantitative estimate of drug-likeness (QED) is 0.839. The SMILES string of the molecule is Cc1cc(S(=O)(=O)NC(C)(C)CN)ccc1OC(C)C. The molecule has 0 spiro atoms. The molecule has 0 fully saturated rings. The molecule has 0 radical (unpaired) electrons. The number of hydrogen-bond donors (Lipinski definition) is 2. The third-order valence-electron chi connectivity index (χ3n) is 2.74. The van der Waals surface area contributed by atoms with Crippen LogP contribution in [0, 0.1) is 6.92 Å². The number of rotatable bonds is 6. The summed E-state index contributed by atoms with van der Waals surface area (Å²) in [4.78, 5) is 0.215. The van der Waals surface area contributed by atoms with Crippen LogP contribution in [0.2, 0.25) is 0 Å². The van der Waals surface area contributed by atoms with Gasteiger partial charge in [-0.25, -0.2) is 13.1 Å². The van der Waals surface area contributed by atoms with Gasteiger partial charge >= 0.3 is 0 Å². The Morgan fingerprint density at radius 3 is 2.40 bits per heavy atom. The van der Waals surface area contributed by atoms with Gasteiger partial charge in [-0.3, -0.25) is 0 Å². The summed E-state index contributed by atoms with van der Waals surface area (Å²) in [5, 5.41) is 0. The van der Waals surface area contributed by atoms with Crippen LogP contribution in [0.4, 0.5) is 0 Å². The maximum absolute atomic E-state index is 12.3. The molecule has 3 N–H and O–H groups in total. The van der Waals surface area contributed by atoms with Gasteiger partial charge < -0.3 is 10.5 Å². The van der Waals surface area contributed by atoms with E-state index in [1.165, 1.54) is 0 Å². The Bertz CT molecular complexity index is 566. The minimum Gasteiger partial charge on any atom is -0.491 e. The molecular formula is C14H24N2O3S. The molecule has 114 valence electrons. The predicted molar refractivity (Wildman–Crippen MR) is 80.4 cm³/mol. The fourth-order valence-corrected chi connectivity index (χ4v) is 3.15. The molecule has 5 nitrogen and oxygen atoms in total. The summed E-state index contributed by atoms with van der Waals surface area (Å²) in [5.41, 5.74) is 5.66. The van der Waals surface area contributed by atoms with Crippen molar-refractivity contribution >= 4 is 10.0 Å². The van der Waals surface area contributed by atoms with Crippen LogP contribution in [0.15, 0.2) is 23.1 Å². The van der Waals surface area contributed by atoms with Gasteiger partial charge in [0.25, 0.3) is 0 Å². The molecule has 6 heteroatoms. The molecule has 20 heavy (non-hydrogen) atoms. The number of benzene rings is 1. The second kappa shape index (κ2) is 6.11. The zero-order valence-corrected chi connectivity index (χ0v) is 13.5. The smallest absolute Gasteiger partial charge is 0.241 e. The number of nitrogens with one attached hydrogen (secondary N) is 1. The average molecular weight is 300 g/mol. The summed E-state index contributed by atoms with van der Waals surface area (Å²) in [6.07, 6.45) is 0.0467. The molecule has 0 saturated carbocycles. The maximum atomic E-state index is 12.3. The fourth-order valence-electron chi connectivity index (χ4n) is 1.64. The van der Waals surface area contributed by atoms with Crippen molar-refractivity contribution in [3.05, 3.63) is 23.8 Å². The lowest BCUT2D eigenvalue weighted by Crippen LogP contribution is -2.48. The Morgan fingerprint density at radius 1 is 1.35 bits per heavy atom. The standard InChI is InChI=1S/C14H24N2O3S/c1-10(2)19-13-7-6-12(8-11(13)3)20(17,18)16-14(4,5)9-15/h6-8,10,16H,9,15H2,1-5H3. The molecule has 1 aromatic carbocycles. The molecule has 1 rings (SSSR count). The number of hydrogen-bond acceptors (Lipinski definition) is 4. The normalized spacial score (nSPS) is 12.8. The topological polar surface area (TPSA) is 81.4 Å². The first-order chi connectivity index (χ1) is 9.07. The van der Waals surface area contributed by atoms with Crippen molar-refractivity contribution in [1.29, 1.82) is 0 Å². The highest BCUT2D eigenvalue weighted by molar-refractivity contribution is 7.89. The van der Waals surface area contributed by atoms with Crippen LogP contribution in [0.5, 0.6) is 5.75 Å². The summed E-state index contributed by atoms with van der Waals surface area (Å²) in [6.45, 7) is 9.39. The Balaban J connectivity index is 3.06. The van der Waals surface area contributed by atoms with Crippen LogP contribution in [0.25, 0.3) is 0 Å². The van der Waals surface area contributed by atoms with Gasteiger partial charge in [-0.1, -0.05) is 0 Å². The van der Waals surface area contributed by atoms with Gasteiger partial charge in [0.1, 0.15) is 5.75 Å². The van der Waals surface area contributed by atoms with Crippen LogP contribution in [-0.4, -0.2) is 26.6 Å². The molecule has 0 aliphatic rings. The Kier molecular flexibility index (Phi) is 5.18. The van der Waals surface area contributed by atoms with E-state index in [4.69, 9.17) is 10.5 Å². The van der Waals surface area contributed by atoms with Crippen molar-refractivity contribution in [2.24, 2.45) is 5.73 Å². The average Bonchev–Trinajstić information content (AvgIpc) is 2.30. The van der Waals surface area contributed by atoms with Gasteiger partial charge in [0.2, 0.25) is 10.0 Å². The van der Waals surface area contributed by atoms with Crippen LogP contribution in [0.3, 0.4) is 0 Å². The van der Waals surface area contributed by atoms with Crippen LogP contribution >= 0.6 is 0 Å². The first-order valence-corrected chi connectivity index (χ1v) is 8.07. The van der Waals surface area contributed by atoms with E-state index in [1.54, 1.807) is 32.0 Å². The minimum atomic E-state index is -3.58. The van der Waals surface area contributed by atoms with Crippen LogP contribution in [0.1, 0.15) is 33.3 Å². The van der Waals surface area contributed by atoms with Crippen molar-refractivity contribution in [3.8, 4) is 5.75 Å². The molecule has 0 bridgehead atoms. The summed E-state index contributed by atoms with van der Waals surface area (Å²) in [5.74, 6) is 0.692. The van der Waals surface area contributed by atoms with Gasteiger partial charge in [0, 0.05) is 12.1 Å². The third kappa shape index (κ3) is 4.47. The Morgan fingerprint density at radius 2 is 1.95 bits per heavy atom. The third-order valence-corrected chi connectivity index (χ3v) is 4.44. The summed E-state index contributed by atoms with van der Waals surface area (Å²) >= 11 is 0. The highest BCUT2D eigenvalue weighted by atomic mass is 32.2. The van der Waals surface area contributed by atoms with E-state index in [2.05, 4.69) is 4.72 Å². The molecule has 0 aliphatic heterocycles. The molecular weight excluding hydrogens is 276 g/mol. The van der Waals surface area contributed by atoms with E-state index in [1.807, 2.05) is 20.8 Å². The molecule has 0 saturated heterocycles. The number of sulfonamides is 1. The maximum Gasteiger partial charge on any atom is 0.241 e. The van der Waals surface area contributed by atoms with Gasteiger partial charge in [-0.2, -0.15) is 0 Å². The number of nitrogens with two attached hydrogens (primary N) is 1.